The number of hydrogen-bond acceptors (Lipinski definition) is 4. The average Bonchev–Trinajstić information content (AvgIpc) is 2.91. The van der Waals surface area contributed by atoms with E-state index < -0.39 is 0 Å². The number of nitrogens with zero attached hydrogens (tertiary/aromatic N) is 1. The average molecular weight is 474 g/mol. The van der Waals surface area contributed by atoms with Gasteiger partial charge in [0.05, 0.1) is 5.71 Å². The predicted molar refractivity (Wildman–Crippen MR) is 146 cm³/mol. The Bertz CT molecular complexity index is 1500. The van der Waals surface area contributed by atoms with E-state index in [0.29, 0.717) is 28.9 Å². The van der Waals surface area contributed by atoms with Gasteiger partial charge in [-0.1, -0.05) is 73.3 Å². The quantitative estimate of drug-likeness (QED) is 0.199. The monoisotopic (exact) mass is 473 g/mol. The van der Waals surface area contributed by atoms with Crippen LogP contribution in [0.4, 0.5) is 0 Å². The van der Waals surface area contributed by atoms with Gasteiger partial charge in [-0.2, -0.15) is 0 Å². The van der Waals surface area contributed by atoms with Crippen molar-refractivity contribution in [2.45, 2.75) is 13.5 Å². The van der Waals surface area contributed by atoms with Gasteiger partial charge in [0.1, 0.15) is 11.3 Å². The van der Waals surface area contributed by atoms with Gasteiger partial charge in [0.25, 0.3) is 5.91 Å². The molecule has 178 valence electrons. The van der Waals surface area contributed by atoms with Crippen molar-refractivity contribution in [2.24, 2.45) is 0 Å². The second-order valence-electron chi connectivity index (χ2n) is 8.32. The van der Waals surface area contributed by atoms with E-state index in [1.165, 1.54) is 0 Å². The number of carbonyl (C=O) groups excluding carboxylic acids is 1. The summed E-state index contributed by atoms with van der Waals surface area (Å²) < 4.78 is 0. The van der Waals surface area contributed by atoms with Gasteiger partial charge in [-0.3, -0.25) is 15.2 Å². The Kier molecular flexibility index (Phi) is 7.51. The third-order valence-corrected chi connectivity index (χ3v) is 5.76. The van der Waals surface area contributed by atoms with Crippen LogP contribution in [0.25, 0.3) is 22.0 Å². The van der Waals surface area contributed by atoms with Crippen LogP contribution in [0.15, 0.2) is 115 Å². The van der Waals surface area contributed by atoms with Crippen LogP contribution in [0.2, 0.25) is 0 Å². The minimum atomic E-state index is -0.192. The highest BCUT2D eigenvalue weighted by molar-refractivity contribution is 6.12. The van der Waals surface area contributed by atoms with Crippen molar-refractivity contribution < 1.29 is 9.90 Å². The molecule has 4 rings (SSSR count). The molecule has 0 atom stereocenters. The molecule has 5 heteroatoms. The Morgan fingerprint density at radius 3 is 2.58 bits per heavy atom. The lowest BCUT2D eigenvalue weighted by molar-refractivity contribution is 0.0951. The highest BCUT2D eigenvalue weighted by atomic mass is 16.3. The lowest BCUT2D eigenvalue weighted by Crippen LogP contribution is -2.22. The molecule has 1 heterocycles. The van der Waals surface area contributed by atoms with Crippen LogP contribution < -0.4 is 5.32 Å². The molecule has 0 radical (unpaired) electrons. The predicted octanol–water partition coefficient (Wildman–Crippen LogP) is 6.59. The molecule has 1 aromatic heterocycles. The molecule has 0 aliphatic rings. The van der Waals surface area contributed by atoms with E-state index in [1.54, 1.807) is 24.4 Å². The first kappa shape index (κ1) is 24.4. The molecule has 0 unspecified atom stereocenters. The number of hydrogen-bond donors (Lipinski definition) is 3. The van der Waals surface area contributed by atoms with Crippen molar-refractivity contribution in [1.82, 2.24) is 10.3 Å². The molecule has 0 fully saturated rings. The van der Waals surface area contributed by atoms with Crippen molar-refractivity contribution >= 4 is 22.5 Å². The van der Waals surface area contributed by atoms with Gasteiger partial charge in [-0.05, 0) is 65.1 Å². The number of carbonyl (C=O) groups is 1. The Balaban J connectivity index is 1.43. The van der Waals surface area contributed by atoms with Gasteiger partial charge in [0.2, 0.25) is 0 Å². The first-order valence-corrected chi connectivity index (χ1v) is 11.6. The summed E-state index contributed by atoms with van der Waals surface area (Å²) in [6.07, 6.45) is 9.11. The molecular formula is C31H27N3O2. The molecule has 3 aromatic carbocycles. The number of phenols is 1. The van der Waals surface area contributed by atoms with E-state index in [1.807, 2.05) is 85.8 Å². The van der Waals surface area contributed by atoms with Crippen LogP contribution in [0.5, 0.6) is 5.75 Å². The van der Waals surface area contributed by atoms with Gasteiger partial charge in [0.15, 0.2) is 0 Å². The van der Waals surface area contributed by atoms with Crippen LogP contribution in [-0.2, 0) is 6.54 Å². The summed E-state index contributed by atoms with van der Waals surface area (Å²) in [7, 11) is 0. The van der Waals surface area contributed by atoms with Crippen molar-refractivity contribution in [3.05, 3.63) is 132 Å². The number of allylic oxidation sites excluding steroid dienone is 5. The smallest absolute Gasteiger partial charge is 0.251 e. The van der Waals surface area contributed by atoms with Gasteiger partial charge in [0, 0.05) is 23.7 Å². The van der Waals surface area contributed by atoms with Gasteiger partial charge >= 0.3 is 0 Å². The molecule has 4 aromatic rings. The number of amides is 1. The molecule has 5 nitrogen and oxygen atoms in total. The standard InChI is InChI=1S/C31H27N3O2/c1-3-4-5-8-21(2)29(32)23-14-12-22(13-15-23)20-34-31(36)26-10-6-9-24(17-26)27-18-25-11-7-16-33-30(25)28(35)19-27/h3-19,32,35H,2,20H2,1H3,(H,34,36)/b4-3-,8-5-,32-29?. The SMILES string of the molecule is C=C(/C=C\C=C/C)C(=N)c1ccc(CNC(=O)c2cccc(-c3cc(O)c4ncccc4c3)c2)cc1. The number of benzene rings is 3. The fourth-order valence-corrected chi connectivity index (χ4v) is 3.80. The normalized spacial score (nSPS) is 11.2. The van der Waals surface area contributed by atoms with Gasteiger partial charge in [-0.15, -0.1) is 0 Å². The molecule has 0 bridgehead atoms. The molecule has 1 amide bonds. The van der Waals surface area contributed by atoms with Crippen LogP contribution in [0.3, 0.4) is 0 Å². The molecule has 0 spiro atoms. The van der Waals surface area contributed by atoms with Crippen molar-refractivity contribution in [3.63, 3.8) is 0 Å². The summed E-state index contributed by atoms with van der Waals surface area (Å²) in [5.41, 5.74) is 5.40. The molecule has 0 saturated carbocycles. The fraction of sp³-hybridized carbons (Fsp3) is 0.0645. The highest BCUT2D eigenvalue weighted by Crippen LogP contribution is 2.30. The largest absolute Gasteiger partial charge is 0.506 e. The van der Waals surface area contributed by atoms with E-state index in [2.05, 4.69) is 16.9 Å². The van der Waals surface area contributed by atoms with Crippen LogP contribution in [0, 0.1) is 5.41 Å². The van der Waals surface area contributed by atoms with Gasteiger partial charge < -0.3 is 10.4 Å². The van der Waals surface area contributed by atoms with E-state index in [-0.39, 0.29) is 11.7 Å². The molecule has 0 aliphatic carbocycles. The summed E-state index contributed by atoms with van der Waals surface area (Å²) >= 11 is 0. The van der Waals surface area contributed by atoms with Crippen molar-refractivity contribution in [2.75, 3.05) is 0 Å². The fourth-order valence-electron chi connectivity index (χ4n) is 3.80. The molecule has 0 aliphatic heterocycles. The second-order valence-corrected chi connectivity index (χ2v) is 8.32. The van der Waals surface area contributed by atoms with E-state index >= 15 is 0 Å². The zero-order valence-electron chi connectivity index (χ0n) is 20.0. The van der Waals surface area contributed by atoms with E-state index in [0.717, 1.165) is 27.6 Å². The number of pyridine rings is 1. The topological polar surface area (TPSA) is 86.1 Å². The first-order valence-electron chi connectivity index (χ1n) is 11.6. The summed E-state index contributed by atoms with van der Waals surface area (Å²) in [5.74, 6) is -0.0882. The number of fused-ring (bicyclic) bond motifs is 1. The number of phenolic OH excluding ortho intramolecular Hbond substituents is 1. The Hall–Kier alpha value is -4.77. The van der Waals surface area contributed by atoms with E-state index in [9.17, 15) is 9.90 Å². The zero-order chi connectivity index (χ0) is 25.5. The molecule has 0 saturated heterocycles. The molecule has 3 N–H and O–H groups in total. The number of rotatable bonds is 8. The van der Waals surface area contributed by atoms with Crippen molar-refractivity contribution in [1.29, 1.82) is 5.41 Å². The number of aromatic nitrogens is 1. The summed E-state index contributed by atoms with van der Waals surface area (Å²) in [5, 5.41) is 22.5. The third kappa shape index (κ3) is 5.65. The third-order valence-electron chi connectivity index (χ3n) is 5.76. The van der Waals surface area contributed by atoms with Gasteiger partial charge in [-0.25, -0.2) is 0 Å². The summed E-state index contributed by atoms with van der Waals surface area (Å²) in [4.78, 5) is 17.1. The summed E-state index contributed by atoms with van der Waals surface area (Å²) in [6.45, 7) is 6.24. The van der Waals surface area contributed by atoms with E-state index in [4.69, 9.17) is 5.41 Å². The highest BCUT2D eigenvalue weighted by Gasteiger charge is 2.10. The Morgan fingerprint density at radius 1 is 1.00 bits per heavy atom. The first-order chi connectivity index (χ1) is 17.5. The minimum absolute atomic E-state index is 0.104. The summed E-state index contributed by atoms with van der Waals surface area (Å²) in [6, 6.07) is 22.2. The van der Waals surface area contributed by atoms with Crippen LogP contribution in [-0.4, -0.2) is 21.7 Å². The maximum absolute atomic E-state index is 12.8. The number of nitrogens with one attached hydrogen (secondary N) is 2. The van der Waals surface area contributed by atoms with Crippen LogP contribution >= 0.6 is 0 Å². The maximum atomic E-state index is 12.8. The zero-order valence-corrected chi connectivity index (χ0v) is 20.0. The van der Waals surface area contributed by atoms with Crippen LogP contribution in [0.1, 0.15) is 28.4 Å². The maximum Gasteiger partial charge on any atom is 0.251 e. The Labute approximate surface area is 210 Å². The second kappa shape index (κ2) is 11.1. The lowest BCUT2D eigenvalue weighted by atomic mass is 10.00. The number of aromatic hydroxyl groups is 1. The van der Waals surface area contributed by atoms with Crippen molar-refractivity contribution in [3.8, 4) is 16.9 Å². The lowest BCUT2D eigenvalue weighted by Gasteiger charge is -2.10. The molecular weight excluding hydrogens is 446 g/mol. The molecule has 36 heavy (non-hydrogen) atoms. The Morgan fingerprint density at radius 2 is 1.81 bits per heavy atom. The minimum Gasteiger partial charge on any atom is -0.506 e.